The lowest BCUT2D eigenvalue weighted by atomic mass is 10.0. The van der Waals surface area contributed by atoms with E-state index >= 15 is 0 Å². The Hall–Kier alpha value is -2.36. The number of fused-ring (bicyclic) bond motifs is 2. The summed E-state index contributed by atoms with van der Waals surface area (Å²) >= 11 is 0. The summed E-state index contributed by atoms with van der Waals surface area (Å²) in [7, 11) is 1.69. The number of hydrogen-bond donors (Lipinski definition) is 1. The summed E-state index contributed by atoms with van der Waals surface area (Å²) < 4.78 is 11.0. The van der Waals surface area contributed by atoms with Crippen LogP contribution in [0.3, 0.4) is 0 Å². The summed E-state index contributed by atoms with van der Waals surface area (Å²) in [4.78, 5) is 27.1. The first-order valence-corrected chi connectivity index (χ1v) is 9.21. The van der Waals surface area contributed by atoms with Crippen LogP contribution in [0.1, 0.15) is 57.9 Å². The molecular formula is C17H27N5O5. The smallest absolute Gasteiger partial charge is 0.410 e. The molecule has 150 valence electrons. The largest absolute Gasteiger partial charge is 0.444 e. The highest BCUT2D eigenvalue weighted by Crippen LogP contribution is 2.36. The average molecular weight is 381 g/mol. The van der Waals surface area contributed by atoms with Gasteiger partial charge in [-0.2, -0.15) is 0 Å². The van der Waals surface area contributed by atoms with Gasteiger partial charge in [0.05, 0.1) is 6.04 Å². The minimum absolute atomic E-state index is 0.153. The van der Waals surface area contributed by atoms with Gasteiger partial charge in [-0.3, -0.25) is 5.21 Å². The second kappa shape index (κ2) is 7.34. The van der Waals surface area contributed by atoms with Crippen LogP contribution in [0.2, 0.25) is 0 Å². The molecule has 2 aliphatic heterocycles. The van der Waals surface area contributed by atoms with Crippen molar-refractivity contribution in [1.29, 1.82) is 0 Å². The molecule has 3 amide bonds. The molecule has 27 heavy (non-hydrogen) atoms. The van der Waals surface area contributed by atoms with Gasteiger partial charge < -0.3 is 19.0 Å². The molecule has 2 bridgehead atoms. The van der Waals surface area contributed by atoms with Gasteiger partial charge in [0.25, 0.3) is 0 Å². The Morgan fingerprint density at radius 3 is 2.81 bits per heavy atom. The predicted molar refractivity (Wildman–Crippen MR) is 93.0 cm³/mol. The van der Waals surface area contributed by atoms with Crippen molar-refractivity contribution in [1.82, 2.24) is 25.1 Å². The zero-order valence-electron chi connectivity index (χ0n) is 16.2. The number of piperidine rings is 1. The van der Waals surface area contributed by atoms with Crippen molar-refractivity contribution in [2.45, 2.75) is 64.1 Å². The monoisotopic (exact) mass is 381 g/mol. The van der Waals surface area contributed by atoms with E-state index in [1.165, 1.54) is 4.90 Å². The van der Waals surface area contributed by atoms with E-state index in [-0.39, 0.29) is 18.2 Å². The number of nitrogens with zero attached hydrogens (tertiary/aromatic N) is 5. The van der Waals surface area contributed by atoms with Crippen LogP contribution in [0.25, 0.3) is 0 Å². The van der Waals surface area contributed by atoms with Gasteiger partial charge in [0, 0.05) is 26.6 Å². The van der Waals surface area contributed by atoms with Crippen molar-refractivity contribution >= 4 is 12.1 Å². The normalized spacial score (nSPS) is 22.3. The third-order valence-corrected chi connectivity index (χ3v) is 4.70. The fourth-order valence-electron chi connectivity index (χ4n) is 3.31. The van der Waals surface area contributed by atoms with Crippen LogP contribution in [0, 0.1) is 0 Å². The highest BCUT2D eigenvalue weighted by atomic mass is 16.6. The molecule has 0 aliphatic carbocycles. The van der Waals surface area contributed by atoms with E-state index in [2.05, 4.69) is 10.2 Å². The number of urea groups is 1. The lowest BCUT2D eigenvalue weighted by molar-refractivity contribution is -0.0584. The number of hydrogen-bond acceptors (Lipinski definition) is 7. The Kier molecular flexibility index (Phi) is 5.27. The van der Waals surface area contributed by atoms with Gasteiger partial charge in [0.2, 0.25) is 11.8 Å². The van der Waals surface area contributed by atoms with Crippen LogP contribution >= 0.6 is 0 Å². The molecule has 0 saturated carbocycles. The van der Waals surface area contributed by atoms with E-state index in [1.54, 1.807) is 11.9 Å². The summed E-state index contributed by atoms with van der Waals surface area (Å²) in [6.45, 7) is 6.45. The van der Waals surface area contributed by atoms with Gasteiger partial charge in [0.1, 0.15) is 11.6 Å². The third-order valence-electron chi connectivity index (χ3n) is 4.70. The molecule has 2 aliphatic rings. The van der Waals surface area contributed by atoms with E-state index in [0.717, 1.165) is 5.06 Å². The Balaban J connectivity index is 1.50. The zero-order chi connectivity index (χ0) is 19.8. The molecule has 1 aromatic rings. The minimum atomic E-state index is -0.525. The summed E-state index contributed by atoms with van der Waals surface area (Å²) in [5.41, 5.74) is -0.525. The first-order chi connectivity index (χ1) is 12.7. The first kappa shape index (κ1) is 19.4. The van der Waals surface area contributed by atoms with E-state index in [4.69, 9.17) is 9.15 Å². The third kappa shape index (κ3) is 4.32. The topological polar surface area (TPSA) is 112 Å². The van der Waals surface area contributed by atoms with E-state index in [9.17, 15) is 14.8 Å². The maximum Gasteiger partial charge on any atom is 0.410 e. The van der Waals surface area contributed by atoms with Crippen LogP contribution in [0.15, 0.2) is 4.42 Å². The Morgan fingerprint density at radius 2 is 2.11 bits per heavy atom. The van der Waals surface area contributed by atoms with Gasteiger partial charge in [-0.05, 0) is 40.0 Å². The van der Waals surface area contributed by atoms with Crippen molar-refractivity contribution in [2.24, 2.45) is 0 Å². The molecule has 0 aromatic carbocycles. The number of rotatable bonds is 5. The molecule has 3 heterocycles. The van der Waals surface area contributed by atoms with Gasteiger partial charge >= 0.3 is 12.1 Å². The Morgan fingerprint density at radius 1 is 1.37 bits per heavy atom. The molecule has 2 fully saturated rings. The summed E-state index contributed by atoms with van der Waals surface area (Å²) in [5.74, 6) is 0.866. The second-order valence-electron chi connectivity index (χ2n) is 8.07. The number of aryl methyl sites for hydroxylation is 1. The standard InChI is InChI=1S/C17H27N5O5/c1-17(2,3)27-16(24)20(4)9-5-6-13-18-19-14(26-13)12-8-7-11-10-21(12)15(23)22(11)25/h11-12,25H,5-10H2,1-4H3/t11-,12+/m1/s1. The predicted octanol–water partition coefficient (Wildman–Crippen LogP) is 2.20. The SMILES string of the molecule is CN(CCCc1nnc([C@@H]2CC[C@@H]3CN2C(=O)N3O)o1)C(=O)OC(C)(C)C. The average Bonchev–Trinajstić information content (AvgIpc) is 3.14. The molecule has 1 N–H and O–H groups in total. The molecule has 1 aromatic heterocycles. The number of carbonyl (C=O) groups is 2. The molecule has 10 heteroatoms. The zero-order valence-corrected chi connectivity index (χ0v) is 16.2. The molecule has 2 atom stereocenters. The maximum atomic E-state index is 12.0. The molecule has 10 nitrogen and oxygen atoms in total. The lowest BCUT2D eigenvalue weighted by Crippen LogP contribution is -2.34. The minimum Gasteiger partial charge on any atom is -0.444 e. The van der Waals surface area contributed by atoms with Crippen LogP contribution in [0.5, 0.6) is 0 Å². The van der Waals surface area contributed by atoms with Gasteiger partial charge in [-0.1, -0.05) is 0 Å². The Labute approximate surface area is 158 Å². The van der Waals surface area contributed by atoms with Crippen molar-refractivity contribution < 1.29 is 24.0 Å². The number of amides is 3. The quantitative estimate of drug-likeness (QED) is 0.778. The molecule has 3 rings (SSSR count). The van der Waals surface area contributed by atoms with Crippen LogP contribution in [-0.2, 0) is 11.2 Å². The van der Waals surface area contributed by atoms with Gasteiger partial charge in [0.15, 0.2) is 0 Å². The fraction of sp³-hybridized carbons (Fsp3) is 0.765. The Bertz CT molecular complexity index is 700. The summed E-state index contributed by atoms with van der Waals surface area (Å²) in [6, 6.07) is -0.864. The molecule has 0 radical (unpaired) electrons. The van der Waals surface area contributed by atoms with Gasteiger partial charge in [-0.25, -0.2) is 14.7 Å². The van der Waals surface area contributed by atoms with Crippen molar-refractivity contribution in [3.05, 3.63) is 11.8 Å². The highest BCUT2D eigenvalue weighted by molar-refractivity contribution is 5.76. The van der Waals surface area contributed by atoms with E-state index in [1.807, 2.05) is 20.8 Å². The lowest BCUT2D eigenvalue weighted by Gasteiger charge is -2.27. The van der Waals surface area contributed by atoms with Crippen LogP contribution in [-0.4, -0.2) is 74.2 Å². The summed E-state index contributed by atoms with van der Waals surface area (Å²) in [5, 5.41) is 18.7. The van der Waals surface area contributed by atoms with Crippen LogP contribution in [0.4, 0.5) is 9.59 Å². The summed E-state index contributed by atoms with van der Waals surface area (Å²) in [6.07, 6.45) is 2.18. The van der Waals surface area contributed by atoms with Gasteiger partial charge in [-0.15, -0.1) is 10.2 Å². The molecule has 0 spiro atoms. The highest BCUT2D eigenvalue weighted by Gasteiger charge is 2.46. The van der Waals surface area contributed by atoms with E-state index in [0.29, 0.717) is 50.6 Å². The number of carbonyl (C=O) groups excluding carboxylic acids is 2. The molecular weight excluding hydrogens is 354 g/mol. The first-order valence-electron chi connectivity index (χ1n) is 9.21. The van der Waals surface area contributed by atoms with E-state index < -0.39 is 11.6 Å². The molecule has 2 saturated heterocycles. The number of aromatic nitrogens is 2. The number of ether oxygens (including phenoxy) is 1. The maximum absolute atomic E-state index is 12.0. The van der Waals surface area contributed by atoms with Crippen molar-refractivity contribution in [3.63, 3.8) is 0 Å². The second-order valence-corrected chi connectivity index (χ2v) is 8.07. The van der Waals surface area contributed by atoms with Crippen molar-refractivity contribution in [3.8, 4) is 0 Å². The number of hydroxylamine groups is 2. The fourth-order valence-corrected chi connectivity index (χ4v) is 3.31. The molecule has 0 unspecified atom stereocenters. The van der Waals surface area contributed by atoms with Crippen molar-refractivity contribution in [2.75, 3.05) is 20.1 Å². The van der Waals surface area contributed by atoms with Crippen LogP contribution < -0.4 is 0 Å².